The SMILES string of the molecule is Cc1ccc(C(=O)N2CCC3CNC3C2)o1. The molecule has 2 atom stereocenters. The molecule has 0 bridgehead atoms. The highest BCUT2D eigenvalue weighted by atomic mass is 16.3. The van der Waals surface area contributed by atoms with Crippen LogP contribution in [0.3, 0.4) is 0 Å². The number of carbonyl (C=O) groups is 1. The van der Waals surface area contributed by atoms with E-state index >= 15 is 0 Å². The number of piperidine rings is 1. The van der Waals surface area contributed by atoms with Crippen molar-refractivity contribution in [3.05, 3.63) is 23.7 Å². The summed E-state index contributed by atoms with van der Waals surface area (Å²) in [6.07, 6.45) is 1.11. The van der Waals surface area contributed by atoms with E-state index in [2.05, 4.69) is 5.32 Å². The van der Waals surface area contributed by atoms with Gasteiger partial charge >= 0.3 is 0 Å². The van der Waals surface area contributed by atoms with Crippen LogP contribution in [0.5, 0.6) is 0 Å². The molecule has 1 aromatic heterocycles. The number of rotatable bonds is 1. The van der Waals surface area contributed by atoms with Crippen molar-refractivity contribution in [3.63, 3.8) is 0 Å². The third kappa shape index (κ3) is 1.53. The number of likely N-dealkylation sites (tertiary alicyclic amines) is 1. The van der Waals surface area contributed by atoms with Crippen molar-refractivity contribution in [2.24, 2.45) is 5.92 Å². The van der Waals surface area contributed by atoms with Crippen molar-refractivity contribution in [2.75, 3.05) is 19.6 Å². The van der Waals surface area contributed by atoms with E-state index < -0.39 is 0 Å². The van der Waals surface area contributed by atoms with Crippen molar-refractivity contribution in [3.8, 4) is 0 Å². The van der Waals surface area contributed by atoms with Gasteiger partial charge in [0.2, 0.25) is 0 Å². The highest BCUT2D eigenvalue weighted by Crippen LogP contribution is 2.25. The molecule has 3 rings (SSSR count). The summed E-state index contributed by atoms with van der Waals surface area (Å²) in [6, 6.07) is 4.10. The molecule has 0 aliphatic carbocycles. The quantitative estimate of drug-likeness (QED) is 0.768. The Labute approximate surface area is 94.6 Å². The fourth-order valence-corrected chi connectivity index (χ4v) is 2.51. The van der Waals surface area contributed by atoms with E-state index in [0.717, 1.165) is 37.7 Å². The van der Waals surface area contributed by atoms with Crippen molar-refractivity contribution in [1.82, 2.24) is 10.2 Å². The van der Waals surface area contributed by atoms with E-state index in [1.165, 1.54) is 0 Å². The summed E-state index contributed by atoms with van der Waals surface area (Å²) in [7, 11) is 0. The van der Waals surface area contributed by atoms with Crippen LogP contribution in [-0.4, -0.2) is 36.5 Å². The number of nitrogens with one attached hydrogen (secondary N) is 1. The van der Waals surface area contributed by atoms with Crippen LogP contribution in [0.1, 0.15) is 22.7 Å². The van der Waals surface area contributed by atoms with Crippen molar-refractivity contribution >= 4 is 5.91 Å². The maximum atomic E-state index is 12.1. The average Bonchev–Trinajstić information content (AvgIpc) is 2.66. The largest absolute Gasteiger partial charge is 0.456 e. The summed E-state index contributed by atoms with van der Waals surface area (Å²) in [4.78, 5) is 14.0. The van der Waals surface area contributed by atoms with Crippen LogP contribution in [0.25, 0.3) is 0 Å². The van der Waals surface area contributed by atoms with Gasteiger partial charge in [-0.1, -0.05) is 0 Å². The number of amides is 1. The van der Waals surface area contributed by atoms with Crippen molar-refractivity contribution < 1.29 is 9.21 Å². The van der Waals surface area contributed by atoms with Crippen LogP contribution >= 0.6 is 0 Å². The summed E-state index contributed by atoms with van der Waals surface area (Å²) in [5.74, 6) is 2.07. The second-order valence-electron chi connectivity index (χ2n) is 4.72. The lowest BCUT2D eigenvalue weighted by Gasteiger charge is -2.46. The van der Waals surface area contributed by atoms with Crippen molar-refractivity contribution in [2.45, 2.75) is 19.4 Å². The zero-order valence-electron chi connectivity index (χ0n) is 9.40. The normalized spacial score (nSPS) is 28.4. The van der Waals surface area contributed by atoms with Gasteiger partial charge in [-0.25, -0.2) is 0 Å². The van der Waals surface area contributed by atoms with Gasteiger partial charge in [0.05, 0.1) is 0 Å². The summed E-state index contributed by atoms with van der Waals surface area (Å²) >= 11 is 0. The van der Waals surface area contributed by atoms with Crippen LogP contribution in [0.2, 0.25) is 0 Å². The van der Waals surface area contributed by atoms with Gasteiger partial charge < -0.3 is 14.6 Å². The molecule has 0 saturated carbocycles. The third-order valence-corrected chi connectivity index (χ3v) is 3.64. The average molecular weight is 220 g/mol. The van der Waals surface area contributed by atoms with E-state index in [0.29, 0.717) is 11.8 Å². The minimum absolute atomic E-state index is 0.0280. The van der Waals surface area contributed by atoms with Crippen LogP contribution in [0.4, 0.5) is 0 Å². The molecule has 2 saturated heterocycles. The molecule has 0 radical (unpaired) electrons. The molecule has 2 aliphatic heterocycles. The number of nitrogens with zero attached hydrogens (tertiary/aromatic N) is 1. The molecule has 2 unspecified atom stereocenters. The molecular weight excluding hydrogens is 204 g/mol. The number of carbonyl (C=O) groups excluding carboxylic acids is 1. The molecule has 3 heterocycles. The lowest BCUT2D eigenvalue weighted by atomic mass is 9.85. The Kier molecular flexibility index (Phi) is 2.24. The zero-order valence-corrected chi connectivity index (χ0v) is 9.40. The standard InChI is InChI=1S/C12H16N2O2/c1-8-2-3-11(16-8)12(15)14-5-4-9-6-13-10(9)7-14/h2-3,9-10,13H,4-7H2,1H3. The highest BCUT2D eigenvalue weighted by Gasteiger charge is 2.37. The predicted molar refractivity (Wildman–Crippen MR) is 59.2 cm³/mol. The van der Waals surface area contributed by atoms with Gasteiger partial charge in [0.15, 0.2) is 5.76 Å². The maximum Gasteiger partial charge on any atom is 0.289 e. The Morgan fingerprint density at radius 1 is 1.56 bits per heavy atom. The number of aryl methyl sites for hydroxylation is 1. The number of hydrogen-bond acceptors (Lipinski definition) is 3. The van der Waals surface area contributed by atoms with E-state index in [-0.39, 0.29) is 5.91 Å². The molecule has 0 spiro atoms. The van der Waals surface area contributed by atoms with E-state index in [9.17, 15) is 4.79 Å². The molecule has 2 fully saturated rings. The first-order valence-corrected chi connectivity index (χ1v) is 5.83. The summed E-state index contributed by atoms with van der Waals surface area (Å²) in [6.45, 7) is 4.66. The van der Waals surface area contributed by atoms with E-state index in [4.69, 9.17) is 4.42 Å². The fraction of sp³-hybridized carbons (Fsp3) is 0.583. The predicted octanol–water partition coefficient (Wildman–Crippen LogP) is 1.02. The Morgan fingerprint density at radius 2 is 2.44 bits per heavy atom. The molecule has 86 valence electrons. The minimum atomic E-state index is 0.0280. The molecule has 0 aromatic carbocycles. The molecular formula is C12H16N2O2. The van der Waals surface area contributed by atoms with Gasteiger partial charge in [-0.15, -0.1) is 0 Å². The topological polar surface area (TPSA) is 45.5 Å². The molecule has 4 heteroatoms. The molecule has 1 aromatic rings. The van der Waals surface area contributed by atoms with Crippen LogP contribution < -0.4 is 5.32 Å². The lowest BCUT2D eigenvalue weighted by molar-refractivity contribution is 0.0489. The first-order valence-electron chi connectivity index (χ1n) is 5.83. The van der Waals surface area contributed by atoms with Crippen molar-refractivity contribution in [1.29, 1.82) is 0 Å². The van der Waals surface area contributed by atoms with Crippen LogP contribution in [-0.2, 0) is 0 Å². The van der Waals surface area contributed by atoms with Crippen LogP contribution in [0.15, 0.2) is 16.5 Å². The molecule has 4 nitrogen and oxygen atoms in total. The minimum Gasteiger partial charge on any atom is -0.456 e. The first kappa shape index (κ1) is 9.90. The highest BCUT2D eigenvalue weighted by molar-refractivity contribution is 5.91. The van der Waals surface area contributed by atoms with Gasteiger partial charge in [-0.3, -0.25) is 4.79 Å². The third-order valence-electron chi connectivity index (χ3n) is 3.64. The smallest absolute Gasteiger partial charge is 0.289 e. The molecule has 2 aliphatic rings. The number of furan rings is 1. The Morgan fingerprint density at radius 3 is 3.00 bits per heavy atom. The maximum absolute atomic E-state index is 12.1. The van der Waals surface area contributed by atoms with Gasteiger partial charge in [-0.2, -0.15) is 0 Å². The van der Waals surface area contributed by atoms with E-state index in [1.54, 1.807) is 6.07 Å². The lowest BCUT2D eigenvalue weighted by Crippen LogP contribution is -2.62. The Balaban J connectivity index is 1.71. The summed E-state index contributed by atoms with van der Waals surface area (Å²) in [5, 5.41) is 3.36. The Hall–Kier alpha value is -1.29. The van der Waals surface area contributed by atoms with Gasteiger partial charge in [0.25, 0.3) is 5.91 Å². The monoisotopic (exact) mass is 220 g/mol. The Bertz CT molecular complexity index is 413. The van der Waals surface area contributed by atoms with Gasteiger partial charge in [0, 0.05) is 19.1 Å². The second-order valence-corrected chi connectivity index (χ2v) is 4.72. The number of fused-ring (bicyclic) bond motifs is 1. The van der Waals surface area contributed by atoms with E-state index in [1.807, 2.05) is 17.9 Å². The van der Waals surface area contributed by atoms with Gasteiger partial charge in [-0.05, 0) is 37.9 Å². The summed E-state index contributed by atoms with van der Waals surface area (Å²) in [5.41, 5.74) is 0. The summed E-state index contributed by atoms with van der Waals surface area (Å²) < 4.78 is 5.37. The molecule has 1 amide bonds. The zero-order chi connectivity index (χ0) is 11.1. The van der Waals surface area contributed by atoms with Gasteiger partial charge in [0.1, 0.15) is 5.76 Å². The number of hydrogen-bond donors (Lipinski definition) is 1. The molecule has 16 heavy (non-hydrogen) atoms. The van der Waals surface area contributed by atoms with Crippen LogP contribution in [0, 0.1) is 12.8 Å². The second kappa shape index (κ2) is 3.63. The fourth-order valence-electron chi connectivity index (χ4n) is 2.51. The first-order chi connectivity index (χ1) is 7.74. The molecule has 1 N–H and O–H groups in total.